The number of rotatable bonds is 3. The van der Waals surface area contributed by atoms with Crippen molar-refractivity contribution in [3.05, 3.63) is 22.9 Å². The lowest BCUT2D eigenvalue weighted by atomic mass is 10.4. The van der Waals surface area contributed by atoms with E-state index in [-0.39, 0.29) is 0 Å². The maximum Gasteiger partial charge on any atom is 0.116 e. The number of aromatic nitrogens is 3. The van der Waals surface area contributed by atoms with Crippen LogP contribution >= 0.6 is 15.9 Å². The lowest BCUT2D eigenvalue weighted by Crippen LogP contribution is -2.06. The Balaban J connectivity index is 2.34. The summed E-state index contributed by atoms with van der Waals surface area (Å²) in [6.45, 7) is 1.90. The van der Waals surface area contributed by atoms with Crippen LogP contribution in [0.25, 0.3) is 11.0 Å². The molecule has 0 saturated carbocycles. The summed E-state index contributed by atoms with van der Waals surface area (Å²) >= 11 is 3.33. The Hall–Kier alpha value is -0.750. The van der Waals surface area contributed by atoms with Gasteiger partial charge >= 0.3 is 0 Å². The first-order valence-electron chi connectivity index (χ1n) is 4.52. The molecule has 0 spiro atoms. The third-order valence-electron chi connectivity index (χ3n) is 1.97. The van der Waals surface area contributed by atoms with E-state index in [0.717, 1.165) is 15.5 Å². The number of hydrogen-bond donors (Lipinski definition) is 0. The molecule has 0 aromatic carbocycles. The Kier molecular flexibility index (Phi) is 3.16. The lowest BCUT2D eigenvalue weighted by Gasteiger charge is -1.97. The van der Waals surface area contributed by atoms with Crippen molar-refractivity contribution in [1.82, 2.24) is 14.8 Å². The summed E-state index contributed by atoms with van der Waals surface area (Å²) < 4.78 is 13.9. The Bertz CT molecular complexity index is 511. The highest BCUT2D eigenvalue weighted by Gasteiger charge is 2.04. The Labute approximate surface area is 98.3 Å². The minimum atomic E-state index is -0.849. The van der Waals surface area contributed by atoms with E-state index in [0.29, 0.717) is 11.6 Å². The molecule has 0 aliphatic heterocycles. The molecule has 0 aliphatic carbocycles. The fourth-order valence-corrected chi connectivity index (χ4v) is 2.16. The van der Waals surface area contributed by atoms with Gasteiger partial charge in [0.2, 0.25) is 0 Å². The SMILES string of the molecule is CCS(=O)Cn1cc2ncc(Br)cc2n1. The zero-order valence-corrected chi connectivity index (χ0v) is 10.6. The minimum absolute atomic E-state index is 0.435. The number of hydrogen-bond acceptors (Lipinski definition) is 3. The van der Waals surface area contributed by atoms with Crippen molar-refractivity contribution < 1.29 is 4.21 Å². The average Bonchev–Trinajstić information content (AvgIpc) is 2.59. The van der Waals surface area contributed by atoms with Gasteiger partial charge in [-0.3, -0.25) is 13.9 Å². The second-order valence-electron chi connectivity index (χ2n) is 3.08. The summed E-state index contributed by atoms with van der Waals surface area (Å²) in [5.74, 6) is 1.08. The Morgan fingerprint density at radius 1 is 1.53 bits per heavy atom. The number of halogens is 1. The molecule has 0 N–H and O–H groups in total. The van der Waals surface area contributed by atoms with Crippen molar-refractivity contribution in [3.63, 3.8) is 0 Å². The summed E-state index contributed by atoms with van der Waals surface area (Å²) in [4.78, 5) is 4.21. The van der Waals surface area contributed by atoms with E-state index in [1.807, 2.05) is 19.2 Å². The molecule has 0 amide bonds. The second-order valence-corrected chi connectivity index (χ2v) is 5.71. The largest absolute Gasteiger partial charge is 0.258 e. The summed E-state index contributed by atoms with van der Waals surface area (Å²) in [5, 5.41) is 4.29. The van der Waals surface area contributed by atoms with Crippen LogP contribution in [0.3, 0.4) is 0 Å². The minimum Gasteiger partial charge on any atom is -0.258 e. The lowest BCUT2D eigenvalue weighted by molar-refractivity contribution is 0.661. The third-order valence-corrected chi connectivity index (χ3v) is 3.60. The molecule has 0 bridgehead atoms. The Morgan fingerprint density at radius 3 is 3.07 bits per heavy atom. The number of fused-ring (bicyclic) bond motifs is 1. The Morgan fingerprint density at radius 2 is 2.33 bits per heavy atom. The molecule has 2 heterocycles. The van der Waals surface area contributed by atoms with Gasteiger partial charge in [0.05, 0.1) is 6.20 Å². The van der Waals surface area contributed by atoms with Crippen molar-refractivity contribution in [2.75, 3.05) is 5.75 Å². The first-order chi connectivity index (χ1) is 7.19. The van der Waals surface area contributed by atoms with Crippen LogP contribution in [0.5, 0.6) is 0 Å². The first kappa shape index (κ1) is 10.8. The number of nitrogens with zero attached hydrogens (tertiary/aromatic N) is 3. The molecule has 0 fully saturated rings. The molecule has 1 atom stereocenters. The summed E-state index contributed by atoms with van der Waals surface area (Å²) in [5.41, 5.74) is 1.64. The molecular weight excluding hydrogens is 278 g/mol. The van der Waals surface area contributed by atoms with Crippen LogP contribution in [-0.2, 0) is 16.7 Å². The van der Waals surface area contributed by atoms with Crippen LogP contribution < -0.4 is 0 Å². The molecule has 0 saturated heterocycles. The molecule has 0 aliphatic rings. The van der Waals surface area contributed by atoms with Crippen LogP contribution in [0.4, 0.5) is 0 Å². The van der Waals surface area contributed by atoms with Gasteiger partial charge in [-0.15, -0.1) is 0 Å². The summed E-state index contributed by atoms with van der Waals surface area (Å²) in [7, 11) is -0.849. The number of pyridine rings is 1. The molecule has 2 aromatic heterocycles. The quantitative estimate of drug-likeness (QED) is 0.867. The van der Waals surface area contributed by atoms with Crippen molar-refractivity contribution in [3.8, 4) is 0 Å². The topological polar surface area (TPSA) is 47.8 Å². The fourth-order valence-electron chi connectivity index (χ4n) is 1.23. The predicted molar refractivity (Wildman–Crippen MR) is 63.9 cm³/mol. The van der Waals surface area contributed by atoms with Gasteiger partial charge < -0.3 is 0 Å². The molecular formula is C9H10BrN3OS. The van der Waals surface area contributed by atoms with Gasteiger partial charge in [0.25, 0.3) is 0 Å². The zero-order valence-electron chi connectivity index (χ0n) is 8.18. The molecule has 4 nitrogen and oxygen atoms in total. The highest BCUT2D eigenvalue weighted by atomic mass is 79.9. The summed E-state index contributed by atoms with van der Waals surface area (Å²) in [6, 6.07) is 1.90. The van der Waals surface area contributed by atoms with Crippen LogP contribution in [-0.4, -0.2) is 24.7 Å². The molecule has 15 heavy (non-hydrogen) atoms. The van der Waals surface area contributed by atoms with E-state index in [2.05, 4.69) is 26.0 Å². The van der Waals surface area contributed by atoms with Gasteiger partial charge in [-0.25, -0.2) is 0 Å². The molecule has 1 unspecified atom stereocenters. The highest BCUT2D eigenvalue weighted by molar-refractivity contribution is 9.10. The van der Waals surface area contributed by atoms with E-state index in [1.54, 1.807) is 10.9 Å². The zero-order chi connectivity index (χ0) is 10.8. The van der Waals surface area contributed by atoms with E-state index < -0.39 is 10.8 Å². The van der Waals surface area contributed by atoms with Crippen LogP contribution in [0.1, 0.15) is 6.92 Å². The first-order valence-corrected chi connectivity index (χ1v) is 6.81. The molecule has 80 valence electrons. The van der Waals surface area contributed by atoms with Gasteiger partial charge in [-0.2, -0.15) is 5.10 Å². The monoisotopic (exact) mass is 287 g/mol. The highest BCUT2D eigenvalue weighted by Crippen LogP contribution is 2.15. The van der Waals surface area contributed by atoms with Crippen LogP contribution in [0, 0.1) is 0 Å². The average molecular weight is 288 g/mol. The van der Waals surface area contributed by atoms with Crippen molar-refractivity contribution in [2.45, 2.75) is 12.8 Å². The van der Waals surface area contributed by atoms with Crippen molar-refractivity contribution in [2.24, 2.45) is 0 Å². The standard InChI is InChI=1S/C9H10BrN3OS/c1-2-15(14)6-13-5-9-8(12-13)3-7(10)4-11-9/h3-5H,2,6H2,1H3. The fraction of sp³-hybridized carbons (Fsp3) is 0.333. The van der Waals surface area contributed by atoms with Gasteiger partial charge in [0, 0.05) is 27.2 Å². The van der Waals surface area contributed by atoms with Gasteiger partial charge in [-0.05, 0) is 22.0 Å². The van der Waals surface area contributed by atoms with Gasteiger partial charge in [0.1, 0.15) is 16.9 Å². The predicted octanol–water partition coefficient (Wildman–Crippen LogP) is 1.92. The second kappa shape index (κ2) is 4.40. The normalized spacial score (nSPS) is 13.2. The van der Waals surface area contributed by atoms with Crippen LogP contribution in [0.2, 0.25) is 0 Å². The van der Waals surface area contributed by atoms with Crippen LogP contribution in [0.15, 0.2) is 22.9 Å². The molecule has 6 heteroatoms. The smallest absolute Gasteiger partial charge is 0.116 e. The van der Waals surface area contributed by atoms with E-state index >= 15 is 0 Å². The maximum atomic E-state index is 11.3. The molecule has 2 aromatic rings. The maximum absolute atomic E-state index is 11.3. The third kappa shape index (κ3) is 2.43. The van der Waals surface area contributed by atoms with E-state index in [1.165, 1.54) is 0 Å². The van der Waals surface area contributed by atoms with Gasteiger partial charge in [0.15, 0.2) is 0 Å². The molecule has 2 rings (SSSR count). The van der Waals surface area contributed by atoms with Crippen molar-refractivity contribution >= 4 is 37.8 Å². The van der Waals surface area contributed by atoms with E-state index in [9.17, 15) is 4.21 Å². The van der Waals surface area contributed by atoms with Crippen molar-refractivity contribution in [1.29, 1.82) is 0 Å². The molecule has 0 radical (unpaired) electrons. The van der Waals surface area contributed by atoms with Gasteiger partial charge in [-0.1, -0.05) is 6.92 Å². The van der Waals surface area contributed by atoms with E-state index in [4.69, 9.17) is 0 Å². The summed E-state index contributed by atoms with van der Waals surface area (Å²) in [6.07, 6.45) is 3.54.